The Kier molecular flexibility index (Phi) is 5.03. The Morgan fingerprint density at radius 2 is 2.17 bits per heavy atom. The number of hydrogen-bond donors (Lipinski definition) is 1. The van der Waals surface area contributed by atoms with Crippen LogP contribution in [0.3, 0.4) is 0 Å². The van der Waals surface area contributed by atoms with Crippen LogP contribution in [0.1, 0.15) is 35.6 Å². The fourth-order valence-corrected chi connectivity index (χ4v) is 4.12. The van der Waals surface area contributed by atoms with Crippen LogP contribution in [0.15, 0.2) is 46.6 Å². The quantitative estimate of drug-likeness (QED) is 0.857. The molecular formula is C22H23N3O4. The van der Waals surface area contributed by atoms with Crippen LogP contribution in [0, 0.1) is 18.3 Å². The number of nitrogens with two attached hydrogens (primary N) is 1. The first-order chi connectivity index (χ1) is 14.0. The summed E-state index contributed by atoms with van der Waals surface area (Å²) in [5.74, 6) is 0.301. The highest BCUT2D eigenvalue weighted by Crippen LogP contribution is 2.43. The van der Waals surface area contributed by atoms with E-state index >= 15 is 0 Å². The number of benzene rings is 1. The zero-order valence-electron chi connectivity index (χ0n) is 16.5. The number of aromatic nitrogens is 1. The van der Waals surface area contributed by atoms with Gasteiger partial charge in [-0.05, 0) is 25.8 Å². The van der Waals surface area contributed by atoms with Crippen LogP contribution >= 0.6 is 0 Å². The Bertz CT molecular complexity index is 1070. The highest BCUT2D eigenvalue weighted by atomic mass is 16.5. The number of rotatable bonds is 4. The second kappa shape index (κ2) is 7.64. The molecule has 1 aromatic carbocycles. The summed E-state index contributed by atoms with van der Waals surface area (Å²) in [6, 6.07) is 11.3. The first-order valence-corrected chi connectivity index (χ1v) is 9.61. The Balaban J connectivity index is 1.92. The number of allylic oxidation sites excluding steroid dienone is 1. The van der Waals surface area contributed by atoms with Crippen molar-refractivity contribution in [2.24, 2.45) is 5.73 Å². The average molecular weight is 393 g/mol. The summed E-state index contributed by atoms with van der Waals surface area (Å²) in [4.78, 5) is 13.6. The van der Waals surface area contributed by atoms with Gasteiger partial charge in [0.05, 0.1) is 31.2 Å². The monoisotopic (exact) mass is 393 g/mol. The number of nitriles is 1. The highest BCUT2D eigenvalue weighted by Gasteiger charge is 2.36. The van der Waals surface area contributed by atoms with Gasteiger partial charge < -0.3 is 24.5 Å². The molecule has 0 unspecified atom stereocenters. The molecule has 0 saturated carbocycles. The third-order valence-corrected chi connectivity index (χ3v) is 5.55. The lowest BCUT2D eigenvalue weighted by Gasteiger charge is -2.28. The van der Waals surface area contributed by atoms with Gasteiger partial charge in [-0.1, -0.05) is 18.2 Å². The summed E-state index contributed by atoms with van der Waals surface area (Å²) in [5.41, 5.74) is 7.91. The number of hydrogen-bond acceptors (Lipinski definition) is 6. The van der Waals surface area contributed by atoms with E-state index in [1.165, 1.54) is 0 Å². The summed E-state index contributed by atoms with van der Waals surface area (Å²) < 4.78 is 18.6. The minimum Gasteiger partial charge on any atom is -0.496 e. The molecule has 1 saturated heterocycles. The van der Waals surface area contributed by atoms with E-state index < -0.39 is 5.92 Å². The van der Waals surface area contributed by atoms with Gasteiger partial charge >= 0.3 is 0 Å². The summed E-state index contributed by atoms with van der Waals surface area (Å²) >= 11 is 0. The van der Waals surface area contributed by atoms with Gasteiger partial charge in [-0.2, -0.15) is 5.26 Å². The molecule has 29 heavy (non-hydrogen) atoms. The van der Waals surface area contributed by atoms with Crippen LogP contribution in [-0.2, 0) is 11.3 Å². The standard InChI is InChI=1S/C22H23N3O4/c1-13-10-18-20(22(26)25(13)12-14-6-5-9-28-14)19(16(11-23)21(24)29-18)15-7-3-4-8-17(15)27-2/h3-4,7-8,10,14,19H,5-6,9,12,24H2,1-2H3/t14-,19-/m1/s1. The predicted octanol–water partition coefficient (Wildman–Crippen LogP) is 2.56. The molecule has 0 aliphatic carbocycles. The van der Waals surface area contributed by atoms with Gasteiger partial charge in [0.15, 0.2) is 0 Å². The van der Waals surface area contributed by atoms with Gasteiger partial charge in [0.2, 0.25) is 5.88 Å². The van der Waals surface area contributed by atoms with E-state index in [0.29, 0.717) is 35.8 Å². The van der Waals surface area contributed by atoms with Crippen molar-refractivity contribution in [2.75, 3.05) is 13.7 Å². The lowest BCUT2D eigenvalue weighted by molar-refractivity contribution is 0.0954. The lowest BCUT2D eigenvalue weighted by Crippen LogP contribution is -2.35. The molecule has 3 heterocycles. The highest BCUT2D eigenvalue weighted by molar-refractivity contribution is 5.58. The molecule has 4 rings (SSSR count). The van der Waals surface area contributed by atoms with Crippen LogP contribution in [0.2, 0.25) is 0 Å². The van der Waals surface area contributed by atoms with Crippen LogP contribution in [-0.4, -0.2) is 24.4 Å². The van der Waals surface area contributed by atoms with Crippen LogP contribution < -0.4 is 20.8 Å². The van der Waals surface area contributed by atoms with Gasteiger partial charge in [0.25, 0.3) is 5.56 Å². The molecule has 7 nitrogen and oxygen atoms in total. The molecule has 1 aromatic heterocycles. The molecule has 7 heteroatoms. The summed E-state index contributed by atoms with van der Waals surface area (Å²) in [5, 5.41) is 9.79. The van der Waals surface area contributed by atoms with Gasteiger partial charge in [-0.25, -0.2) is 0 Å². The van der Waals surface area contributed by atoms with Crippen molar-refractivity contribution >= 4 is 0 Å². The van der Waals surface area contributed by atoms with Gasteiger partial charge in [-0.15, -0.1) is 0 Å². The summed E-state index contributed by atoms with van der Waals surface area (Å²) in [6.45, 7) is 3.05. The van der Waals surface area contributed by atoms with Crippen LogP contribution in [0.25, 0.3) is 0 Å². The van der Waals surface area contributed by atoms with Gasteiger partial charge in [0.1, 0.15) is 23.1 Å². The third-order valence-electron chi connectivity index (χ3n) is 5.55. The Labute approximate surface area is 168 Å². The minimum atomic E-state index is -0.663. The normalized spacial score (nSPS) is 20.7. The smallest absolute Gasteiger partial charge is 0.258 e. The number of methoxy groups -OCH3 is 1. The van der Waals surface area contributed by atoms with E-state index in [1.807, 2.05) is 25.1 Å². The van der Waals surface area contributed by atoms with Crippen LogP contribution in [0.5, 0.6) is 11.5 Å². The number of para-hydroxylation sites is 1. The zero-order chi connectivity index (χ0) is 20.5. The van der Waals surface area contributed by atoms with Crippen molar-refractivity contribution in [3.05, 3.63) is 69.0 Å². The number of ether oxygens (including phenoxy) is 3. The number of fused-ring (bicyclic) bond motifs is 1. The van der Waals surface area contributed by atoms with Crippen molar-refractivity contribution in [3.8, 4) is 17.6 Å². The van der Waals surface area contributed by atoms with E-state index in [0.717, 1.165) is 18.5 Å². The molecule has 150 valence electrons. The number of aryl methyl sites for hydroxylation is 1. The SMILES string of the molecule is COc1ccccc1[C@@H]1C(C#N)=C(N)Oc2cc(C)n(C[C@H]3CCCO3)c(=O)c21. The first-order valence-electron chi connectivity index (χ1n) is 9.61. The number of nitrogens with zero attached hydrogens (tertiary/aromatic N) is 2. The molecule has 0 bridgehead atoms. The molecule has 2 N–H and O–H groups in total. The van der Waals surface area contributed by atoms with Gasteiger partial charge in [-0.3, -0.25) is 4.79 Å². The topological polar surface area (TPSA) is 99.5 Å². The fraction of sp³-hybridized carbons (Fsp3) is 0.364. The van der Waals surface area contributed by atoms with E-state index in [4.69, 9.17) is 19.9 Å². The second-order valence-corrected chi connectivity index (χ2v) is 7.28. The van der Waals surface area contributed by atoms with Crippen molar-refractivity contribution in [1.82, 2.24) is 4.57 Å². The molecule has 0 amide bonds. The third kappa shape index (κ3) is 3.26. The van der Waals surface area contributed by atoms with E-state index in [2.05, 4.69) is 6.07 Å². The zero-order valence-corrected chi connectivity index (χ0v) is 16.5. The molecular weight excluding hydrogens is 370 g/mol. The molecule has 0 radical (unpaired) electrons. The van der Waals surface area contributed by atoms with Crippen molar-refractivity contribution in [2.45, 2.75) is 38.3 Å². The number of pyridine rings is 1. The Morgan fingerprint density at radius 3 is 2.86 bits per heavy atom. The van der Waals surface area contributed by atoms with E-state index in [1.54, 1.807) is 23.8 Å². The summed E-state index contributed by atoms with van der Waals surface area (Å²) in [7, 11) is 1.56. The van der Waals surface area contributed by atoms with E-state index in [9.17, 15) is 10.1 Å². The first kappa shape index (κ1) is 19.1. The molecule has 2 aromatic rings. The largest absolute Gasteiger partial charge is 0.496 e. The lowest BCUT2D eigenvalue weighted by atomic mass is 9.83. The molecule has 0 spiro atoms. The second-order valence-electron chi connectivity index (χ2n) is 7.28. The van der Waals surface area contributed by atoms with Crippen molar-refractivity contribution < 1.29 is 14.2 Å². The van der Waals surface area contributed by atoms with Crippen molar-refractivity contribution in [1.29, 1.82) is 5.26 Å². The van der Waals surface area contributed by atoms with Crippen LogP contribution in [0.4, 0.5) is 0 Å². The maximum Gasteiger partial charge on any atom is 0.258 e. The summed E-state index contributed by atoms with van der Waals surface area (Å²) in [6.07, 6.45) is 1.93. The maximum atomic E-state index is 13.6. The Morgan fingerprint density at radius 1 is 1.38 bits per heavy atom. The fourth-order valence-electron chi connectivity index (χ4n) is 4.12. The van der Waals surface area contributed by atoms with Crippen molar-refractivity contribution in [3.63, 3.8) is 0 Å². The Hall–Kier alpha value is -3.24. The molecule has 1 fully saturated rings. The van der Waals surface area contributed by atoms with E-state index in [-0.39, 0.29) is 23.1 Å². The minimum absolute atomic E-state index is 0.00609. The molecule has 2 aliphatic rings. The van der Waals surface area contributed by atoms with Gasteiger partial charge in [0, 0.05) is 23.9 Å². The predicted molar refractivity (Wildman–Crippen MR) is 107 cm³/mol. The maximum absolute atomic E-state index is 13.6. The molecule has 2 aliphatic heterocycles. The average Bonchev–Trinajstić information content (AvgIpc) is 3.23. The molecule has 2 atom stereocenters.